The number of rotatable bonds is 8. The predicted octanol–water partition coefficient (Wildman–Crippen LogP) is 3.29. The van der Waals surface area contributed by atoms with Crippen LogP contribution in [0.15, 0.2) is 48.5 Å². The van der Waals surface area contributed by atoms with Crippen molar-refractivity contribution in [3.8, 4) is 23.0 Å². The van der Waals surface area contributed by atoms with Gasteiger partial charge in [0.2, 0.25) is 0 Å². The molecule has 1 atom stereocenters. The summed E-state index contributed by atoms with van der Waals surface area (Å²) >= 11 is 0. The summed E-state index contributed by atoms with van der Waals surface area (Å²) in [4.78, 5) is 34.6. The fraction of sp³-hybridized carbons (Fsp3) is 0.320. The van der Waals surface area contributed by atoms with Gasteiger partial charge in [-0.1, -0.05) is 61.4 Å². The lowest BCUT2D eigenvalue weighted by Crippen LogP contribution is -2.34. The van der Waals surface area contributed by atoms with E-state index in [1.807, 2.05) is 43.3 Å². The van der Waals surface area contributed by atoms with Crippen LogP contribution < -0.4 is 10.6 Å². The Labute approximate surface area is 187 Å². The molecule has 0 radical (unpaired) electrons. The fourth-order valence-corrected chi connectivity index (χ4v) is 3.79. The molecule has 0 aliphatic heterocycles. The average molecular weight is 434 g/mol. The standard InChI is InChI=1S/C25H26N2O5/c1-2-17(13-14-24(29)30)27-23(28)12-7-15-26-25(31)32-16-22-20-10-5-3-8-18(20)19-9-4-6-11-21(19)22/h3-6,8-11,17,22H,2,13-16H2,1H3,(H,26,31)(H,27,28)(H,29,30). The van der Waals surface area contributed by atoms with Crippen molar-refractivity contribution in [1.82, 2.24) is 10.6 Å². The highest BCUT2D eigenvalue weighted by atomic mass is 16.5. The Hall–Kier alpha value is -3.79. The third kappa shape index (κ3) is 5.88. The highest BCUT2D eigenvalue weighted by Gasteiger charge is 2.28. The first-order chi connectivity index (χ1) is 15.5. The van der Waals surface area contributed by atoms with Crippen molar-refractivity contribution >= 4 is 18.0 Å². The van der Waals surface area contributed by atoms with Crippen LogP contribution in [0.25, 0.3) is 11.1 Å². The van der Waals surface area contributed by atoms with Gasteiger partial charge in [-0.3, -0.25) is 9.59 Å². The molecular weight excluding hydrogens is 408 g/mol. The molecule has 0 saturated heterocycles. The molecule has 0 heterocycles. The van der Waals surface area contributed by atoms with Crippen LogP contribution in [-0.4, -0.2) is 42.3 Å². The first-order valence-electron chi connectivity index (χ1n) is 10.6. The van der Waals surface area contributed by atoms with Crippen molar-refractivity contribution in [1.29, 1.82) is 0 Å². The summed E-state index contributed by atoms with van der Waals surface area (Å²) in [5.41, 5.74) is 4.57. The maximum Gasteiger partial charge on any atom is 0.407 e. The fourth-order valence-electron chi connectivity index (χ4n) is 3.79. The maximum atomic E-state index is 12.1. The number of nitrogens with one attached hydrogen (secondary N) is 2. The Morgan fingerprint density at radius 2 is 1.69 bits per heavy atom. The Balaban J connectivity index is 1.46. The van der Waals surface area contributed by atoms with Gasteiger partial charge in [0.05, 0.1) is 6.54 Å². The molecule has 3 rings (SSSR count). The number of alkyl carbamates (subject to hydrolysis) is 1. The Kier molecular flexibility index (Phi) is 7.87. The van der Waals surface area contributed by atoms with E-state index in [4.69, 9.17) is 9.84 Å². The molecule has 2 aromatic carbocycles. The van der Waals surface area contributed by atoms with Crippen LogP contribution in [0.1, 0.15) is 43.2 Å². The summed E-state index contributed by atoms with van der Waals surface area (Å²) in [6, 6.07) is 15.9. The zero-order valence-electron chi connectivity index (χ0n) is 17.9. The largest absolute Gasteiger partial charge is 0.481 e. The number of amides is 2. The van der Waals surface area contributed by atoms with E-state index in [-0.39, 0.29) is 31.5 Å². The lowest BCUT2D eigenvalue weighted by atomic mass is 9.98. The van der Waals surface area contributed by atoms with Crippen molar-refractivity contribution in [2.45, 2.75) is 38.1 Å². The first kappa shape index (κ1) is 22.9. The molecule has 1 aliphatic rings. The summed E-state index contributed by atoms with van der Waals surface area (Å²) in [6.07, 6.45) is 0.334. The highest BCUT2D eigenvalue weighted by Crippen LogP contribution is 2.44. The van der Waals surface area contributed by atoms with Crippen molar-refractivity contribution in [2.75, 3.05) is 13.2 Å². The summed E-state index contributed by atoms with van der Waals surface area (Å²) < 4.78 is 5.41. The van der Waals surface area contributed by atoms with Crippen LogP contribution in [0.2, 0.25) is 0 Å². The molecule has 1 aliphatic carbocycles. The monoisotopic (exact) mass is 434 g/mol. The number of ether oxygens (including phenoxy) is 1. The number of carboxylic acid groups (broad SMARTS) is 1. The van der Waals surface area contributed by atoms with Crippen LogP contribution in [0.3, 0.4) is 0 Å². The highest BCUT2D eigenvalue weighted by molar-refractivity contribution is 5.93. The minimum atomic E-state index is -0.906. The molecule has 2 aromatic rings. The Morgan fingerprint density at radius 3 is 2.28 bits per heavy atom. The lowest BCUT2D eigenvalue weighted by molar-refractivity contribution is -0.137. The second-order valence-electron chi connectivity index (χ2n) is 7.49. The van der Waals surface area contributed by atoms with Gasteiger partial charge in [-0.15, -0.1) is 0 Å². The van der Waals surface area contributed by atoms with Gasteiger partial charge in [0, 0.05) is 18.4 Å². The van der Waals surface area contributed by atoms with E-state index in [0.29, 0.717) is 12.8 Å². The summed E-state index contributed by atoms with van der Waals surface area (Å²) in [6.45, 7) is 2.03. The molecule has 0 aromatic heterocycles. The molecule has 166 valence electrons. The van der Waals surface area contributed by atoms with Gasteiger partial charge in [0.25, 0.3) is 5.91 Å². The minimum Gasteiger partial charge on any atom is -0.481 e. The molecule has 0 bridgehead atoms. The van der Waals surface area contributed by atoms with Gasteiger partial charge in [-0.05, 0) is 41.0 Å². The zero-order valence-corrected chi connectivity index (χ0v) is 17.9. The van der Waals surface area contributed by atoms with E-state index in [1.54, 1.807) is 0 Å². The molecule has 7 nitrogen and oxygen atoms in total. The van der Waals surface area contributed by atoms with Gasteiger partial charge < -0.3 is 20.5 Å². The number of aliphatic carboxylic acids is 1. The summed E-state index contributed by atoms with van der Waals surface area (Å²) in [7, 11) is 0. The van der Waals surface area contributed by atoms with Crippen LogP contribution in [0.5, 0.6) is 0 Å². The van der Waals surface area contributed by atoms with E-state index in [2.05, 4.69) is 34.6 Å². The Bertz CT molecular complexity index is 1010. The molecule has 0 fully saturated rings. The number of fused-ring (bicyclic) bond motifs is 3. The van der Waals surface area contributed by atoms with Crippen molar-refractivity contribution in [2.24, 2.45) is 0 Å². The minimum absolute atomic E-state index is 0.0183. The number of carboxylic acids is 1. The topological polar surface area (TPSA) is 105 Å². The first-order valence-corrected chi connectivity index (χ1v) is 10.6. The van der Waals surface area contributed by atoms with E-state index < -0.39 is 18.0 Å². The molecule has 0 spiro atoms. The van der Waals surface area contributed by atoms with Crippen LogP contribution in [0.4, 0.5) is 4.79 Å². The quantitative estimate of drug-likeness (QED) is 0.553. The molecule has 0 saturated carbocycles. The van der Waals surface area contributed by atoms with Gasteiger partial charge in [-0.25, -0.2) is 4.79 Å². The summed E-state index contributed by atoms with van der Waals surface area (Å²) in [5.74, 6) is 3.54. The van der Waals surface area contributed by atoms with E-state index >= 15 is 0 Å². The summed E-state index contributed by atoms with van der Waals surface area (Å²) in [5, 5.41) is 13.9. The number of hydrogen-bond acceptors (Lipinski definition) is 4. The predicted molar refractivity (Wildman–Crippen MR) is 120 cm³/mol. The molecule has 32 heavy (non-hydrogen) atoms. The third-order valence-electron chi connectivity index (χ3n) is 5.40. The molecule has 7 heteroatoms. The normalized spacial score (nSPS) is 12.5. The maximum absolute atomic E-state index is 12.1. The second-order valence-corrected chi connectivity index (χ2v) is 7.49. The molecule has 2 amide bonds. The lowest BCUT2D eigenvalue weighted by Gasteiger charge is -2.14. The van der Waals surface area contributed by atoms with Gasteiger partial charge in [0.1, 0.15) is 6.61 Å². The van der Waals surface area contributed by atoms with Crippen molar-refractivity contribution in [3.63, 3.8) is 0 Å². The van der Waals surface area contributed by atoms with Gasteiger partial charge in [-0.2, -0.15) is 0 Å². The van der Waals surface area contributed by atoms with Gasteiger partial charge >= 0.3 is 12.1 Å². The van der Waals surface area contributed by atoms with E-state index in [1.165, 1.54) is 0 Å². The van der Waals surface area contributed by atoms with Gasteiger partial charge in [0.15, 0.2) is 0 Å². The Morgan fingerprint density at radius 1 is 1.06 bits per heavy atom. The van der Waals surface area contributed by atoms with E-state index in [9.17, 15) is 14.4 Å². The molecule has 3 N–H and O–H groups in total. The second kappa shape index (κ2) is 11.0. The van der Waals surface area contributed by atoms with Crippen molar-refractivity contribution < 1.29 is 24.2 Å². The molecule has 1 unspecified atom stereocenters. The average Bonchev–Trinajstić information content (AvgIpc) is 3.11. The van der Waals surface area contributed by atoms with Crippen LogP contribution in [-0.2, 0) is 14.3 Å². The third-order valence-corrected chi connectivity index (χ3v) is 5.40. The van der Waals surface area contributed by atoms with E-state index in [0.717, 1.165) is 22.3 Å². The molecular formula is C25H26N2O5. The smallest absolute Gasteiger partial charge is 0.407 e. The zero-order chi connectivity index (χ0) is 22.9. The SMILES string of the molecule is CCC(CCC(=O)O)NC(=O)C#CCNC(=O)OCC1c2ccccc2-c2ccccc21. The number of carbonyl (C=O) groups excluding carboxylic acids is 2. The van der Waals surface area contributed by atoms with Crippen LogP contribution >= 0.6 is 0 Å². The number of hydrogen-bond donors (Lipinski definition) is 3. The van der Waals surface area contributed by atoms with Crippen molar-refractivity contribution in [3.05, 3.63) is 59.7 Å². The number of benzene rings is 2. The van der Waals surface area contributed by atoms with Crippen LogP contribution in [0, 0.1) is 11.8 Å². The number of carbonyl (C=O) groups is 3.